The lowest BCUT2D eigenvalue weighted by molar-refractivity contribution is -0.116. The van der Waals surface area contributed by atoms with E-state index in [1.807, 2.05) is 6.92 Å². The fourth-order valence-electron chi connectivity index (χ4n) is 1.43. The summed E-state index contributed by atoms with van der Waals surface area (Å²) in [6.45, 7) is 3.70. The lowest BCUT2D eigenvalue weighted by Gasteiger charge is -2.11. The Morgan fingerprint density at radius 1 is 1.27 bits per heavy atom. The van der Waals surface area contributed by atoms with Crippen molar-refractivity contribution in [3.8, 4) is 0 Å². The average molecular weight is 357 g/mol. The second-order valence-electron chi connectivity index (χ2n) is 4.12. The predicted molar refractivity (Wildman–Crippen MR) is 89.5 cm³/mol. The molecular formula is C12H15N5O2S3. The molecule has 7 nitrogen and oxygen atoms in total. The normalized spacial score (nSPS) is 11.9. The molecule has 0 aliphatic carbocycles. The predicted octanol–water partition coefficient (Wildman–Crippen LogP) is 2.85. The molecule has 0 fully saturated rings. The summed E-state index contributed by atoms with van der Waals surface area (Å²) in [5.41, 5.74) is 0. The Kier molecular flexibility index (Phi) is 6.28. The summed E-state index contributed by atoms with van der Waals surface area (Å²) in [6, 6.07) is 0. The van der Waals surface area contributed by atoms with Crippen LogP contribution in [0.15, 0.2) is 15.9 Å². The molecular weight excluding hydrogens is 342 g/mol. The number of thiazole rings is 1. The monoisotopic (exact) mass is 357 g/mol. The number of carbonyl (C=O) groups excluding carboxylic acids is 2. The van der Waals surface area contributed by atoms with Gasteiger partial charge in [-0.25, -0.2) is 4.98 Å². The van der Waals surface area contributed by atoms with Crippen LogP contribution >= 0.6 is 34.4 Å². The van der Waals surface area contributed by atoms with Crippen molar-refractivity contribution in [3.63, 3.8) is 0 Å². The Hall–Kier alpha value is -1.52. The molecule has 2 rings (SSSR count). The van der Waals surface area contributed by atoms with Gasteiger partial charge in [0.15, 0.2) is 9.47 Å². The zero-order valence-corrected chi connectivity index (χ0v) is 14.5. The Morgan fingerprint density at radius 2 is 2.09 bits per heavy atom. The molecule has 2 aromatic rings. The maximum atomic E-state index is 12.2. The van der Waals surface area contributed by atoms with Crippen LogP contribution in [0, 0.1) is 0 Å². The quantitative estimate of drug-likeness (QED) is 0.584. The average Bonchev–Trinajstić information content (AvgIpc) is 3.16. The van der Waals surface area contributed by atoms with E-state index in [-0.39, 0.29) is 17.1 Å². The Bertz CT molecular complexity index is 629. The van der Waals surface area contributed by atoms with Crippen molar-refractivity contribution >= 4 is 56.5 Å². The van der Waals surface area contributed by atoms with E-state index in [0.717, 1.165) is 0 Å². The fraction of sp³-hybridized carbons (Fsp3) is 0.417. The van der Waals surface area contributed by atoms with E-state index in [4.69, 9.17) is 0 Å². The first-order chi connectivity index (χ1) is 10.6. The number of amides is 2. The number of carbonyl (C=O) groups is 2. The number of rotatable bonds is 7. The number of anilines is 2. The number of aromatic nitrogens is 3. The molecule has 0 aromatic carbocycles. The lowest BCUT2D eigenvalue weighted by Crippen LogP contribution is -2.24. The van der Waals surface area contributed by atoms with Gasteiger partial charge < -0.3 is 10.6 Å². The largest absolute Gasteiger partial charge is 0.301 e. The van der Waals surface area contributed by atoms with Crippen LogP contribution in [0.25, 0.3) is 0 Å². The van der Waals surface area contributed by atoms with Crippen LogP contribution in [0.4, 0.5) is 10.3 Å². The Morgan fingerprint density at radius 3 is 2.73 bits per heavy atom. The molecule has 0 aliphatic heterocycles. The maximum absolute atomic E-state index is 12.2. The van der Waals surface area contributed by atoms with Crippen molar-refractivity contribution in [1.82, 2.24) is 15.2 Å². The molecule has 1 unspecified atom stereocenters. The SMILES string of the molecule is CCC(=O)Nc1nnc(SC(CC)C(=O)Nc2nccs2)s1. The molecule has 22 heavy (non-hydrogen) atoms. The van der Waals surface area contributed by atoms with Gasteiger partial charge in [-0.1, -0.05) is 36.9 Å². The highest BCUT2D eigenvalue weighted by Crippen LogP contribution is 2.31. The number of thioether (sulfide) groups is 1. The molecule has 2 N–H and O–H groups in total. The van der Waals surface area contributed by atoms with E-state index in [0.29, 0.717) is 27.4 Å². The molecule has 2 aromatic heterocycles. The maximum Gasteiger partial charge on any atom is 0.239 e. The molecule has 1 atom stereocenters. The van der Waals surface area contributed by atoms with Gasteiger partial charge in [-0.05, 0) is 6.42 Å². The zero-order chi connectivity index (χ0) is 15.9. The molecule has 0 bridgehead atoms. The number of nitrogens with zero attached hydrogens (tertiary/aromatic N) is 3. The van der Waals surface area contributed by atoms with Gasteiger partial charge in [-0.15, -0.1) is 21.5 Å². The third-order valence-corrected chi connectivity index (χ3v) is 5.52. The highest BCUT2D eigenvalue weighted by atomic mass is 32.2. The Labute approximate surface area is 139 Å². The topological polar surface area (TPSA) is 96.9 Å². The van der Waals surface area contributed by atoms with Gasteiger partial charge in [-0.2, -0.15) is 0 Å². The van der Waals surface area contributed by atoms with Crippen molar-refractivity contribution < 1.29 is 9.59 Å². The smallest absolute Gasteiger partial charge is 0.239 e. The molecule has 2 amide bonds. The molecule has 0 saturated heterocycles. The molecule has 0 spiro atoms. The van der Waals surface area contributed by atoms with Crippen molar-refractivity contribution in [2.45, 2.75) is 36.3 Å². The van der Waals surface area contributed by atoms with E-state index in [9.17, 15) is 9.59 Å². The first-order valence-corrected chi connectivity index (χ1v) is 9.20. The molecule has 0 radical (unpaired) electrons. The van der Waals surface area contributed by atoms with E-state index >= 15 is 0 Å². The van der Waals surface area contributed by atoms with Crippen molar-refractivity contribution in [3.05, 3.63) is 11.6 Å². The molecule has 0 saturated carbocycles. The first-order valence-electron chi connectivity index (χ1n) is 6.62. The van der Waals surface area contributed by atoms with Crippen LogP contribution in [-0.2, 0) is 9.59 Å². The van der Waals surface area contributed by atoms with Crippen molar-refractivity contribution in [2.75, 3.05) is 10.6 Å². The van der Waals surface area contributed by atoms with Gasteiger partial charge in [0.05, 0.1) is 5.25 Å². The zero-order valence-electron chi connectivity index (χ0n) is 12.0. The van der Waals surface area contributed by atoms with E-state index in [1.165, 1.54) is 34.4 Å². The summed E-state index contributed by atoms with van der Waals surface area (Å²) in [4.78, 5) is 27.5. The van der Waals surface area contributed by atoms with Gasteiger partial charge in [-0.3, -0.25) is 9.59 Å². The summed E-state index contributed by atoms with van der Waals surface area (Å²) in [5, 5.41) is 15.9. The molecule has 2 heterocycles. The van der Waals surface area contributed by atoms with Crippen LogP contribution in [0.5, 0.6) is 0 Å². The van der Waals surface area contributed by atoms with Gasteiger partial charge in [0.1, 0.15) is 0 Å². The van der Waals surface area contributed by atoms with Crippen LogP contribution in [0.1, 0.15) is 26.7 Å². The third kappa shape index (κ3) is 4.75. The van der Waals surface area contributed by atoms with E-state index < -0.39 is 0 Å². The standard InChI is InChI=1S/C12H15N5O2S3/c1-3-7(9(19)15-10-13-5-6-20-10)21-12-17-16-11(22-12)14-8(18)4-2/h5-7H,3-4H2,1-2H3,(H,13,15,19)(H,14,16,18). The number of hydrogen-bond acceptors (Lipinski definition) is 8. The van der Waals surface area contributed by atoms with Gasteiger partial charge in [0.25, 0.3) is 0 Å². The van der Waals surface area contributed by atoms with Gasteiger partial charge >= 0.3 is 0 Å². The van der Waals surface area contributed by atoms with E-state index in [2.05, 4.69) is 25.8 Å². The summed E-state index contributed by atoms with van der Waals surface area (Å²) in [7, 11) is 0. The van der Waals surface area contributed by atoms with Crippen LogP contribution < -0.4 is 10.6 Å². The van der Waals surface area contributed by atoms with Crippen LogP contribution in [0.2, 0.25) is 0 Å². The minimum absolute atomic E-state index is 0.110. The second-order valence-corrected chi connectivity index (χ2v) is 7.44. The highest BCUT2D eigenvalue weighted by molar-refractivity contribution is 8.02. The number of hydrogen-bond donors (Lipinski definition) is 2. The summed E-state index contributed by atoms with van der Waals surface area (Å²) in [6.07, 6.45) is 2.68. The summed E-state index contributed by atoms with van der Waals surface area (Å²) >= 11 is 3.97. The second kappa shape index (κ2) is 8.20. The van der Waals surface area contributed by atoms with Gasteiger partial charge in [0, 0.05) is 18.0 Å². The van der Waals surface area contributed by atoms with Crippen LogP contribution in [-0.4, -0.2) is 32.2 Å². The van der Waals surface area contributed by atoms with Crippen molar-refractivity contribution in [1.29, 1.82) is 0 Å². The Balaban J connectivity index is 1.95. The van der Waals surface area contributed by atoms with Crippen LogP contribution in [0.3, 0.4) is 0 Å². The molecule has 0 aliphatic rings. The van der Waals surface area contributed by atoms with Crippen molar-refractivity contribution in [2.24, 2.45) is 0 Å². The summed E-state index contributed by atoms with van der Waals surface area (Å²) in [5.74, 6) is -0.224. The molecule has 10 heteroatoms. The highest BCUT2D eigenvalue weighted by Gasteiger charge is 2.21. The van der Waals surface area contributed by atoms with E-state index in [1.54, 1.807) is 18.5 Å². The molecule has 118 valence electrons. The third-order valence-electron chi connectivity index (χ3n) is 2.54. The lowest BCUT2D eigenvalue weighted by atomic mass is 10.3. The minimum atomic E-state index is -0.286. The fourth-order valence-corrected chi connectivity index (χ4v) is 3.90. The summed E-state index contributed by atoms with van der Waals surface area (Å²) < 4.78 is 0.646. The first kappa shape index (κ1) is 16.8. The minimum Gasteiger partial charge on any atom is -0.301 e. The number of nitrogens with one attached hydrogen (secondary N) is 2. The van der Waals surface area contributed by atoms with Gasteiger partial charge in [0.2, 0.25) is 16.9 Å².